The minimum atomic E-state index is -3.58. The van der Waals surface area contributed by atoms with Gasteiger partial charge in [0.1, 0.15) is 0 Å². The highest BCUT2D eigenvalue weighted by Crippen LogP contribution is 2.12. The summed E-state index contributed by atoms with van der Waals surface area (Å²) in [4.78, 5) is 11.4. The van der Waals surface area contributed by atoms with E-state index < -0.39 is 16.0 Å². The van der Waals surface area contributed by atoms with Crippen LogP contribution in [-0.4, -0.2) is 28.0 Å². The van der Waals surface area contributed by atoms with Crippen molar-refractivity contribution >= 4 is 16.0 Å². The lowest BCUT2D eigenvalue weighted by atomic mass is 10.1. The number of rotatable bonds is 6. The lowest BCUT2D eigenvalue weighted by molar-refractivity contribution is 0.0600. The van der Waals surface area contributed by atoms with Gasteiger partial charge in [-0.3, -0.25) is 0 Å². The van der Waals surface area contributed by atoms with E-state index in [-0.39, 0.29) is 10.5 Å². The molecular formula is C13H19NO4S. The van der Waals surface area contributed by atoms with Crippen LogP contribution in [0.4, 0.5) is 0 Å². The molecule has 19 heavy (non-hydrogen) atoms. The third-order valence-electron chi connectivity index (χ3n) is 2.58. The van der Waals surface area contributed by atoms with E-state index in [9.17, 15) is 13.2 Å². The second kappa shape index (κ2) is 6.68. The topological polar surface area (TPSA) is 72.5 Å². The van der Waals surface area contributed by atoms with E-state index in [1.165, 1.54) is 31.4 Å². The number of nitrogens with one attached hydrogen (secondary N) is 1. The van der Waals surface area contributed by atoms with Crippen LogP contribution in [0.25, 0.3) is 0 Å². The molecule has 0 aliphatic rings. The Morgan fingerprint density at radius 1 is 1.37 bits per heavy atom. The largest absolute Gasteiger partial charge is 0.465 e. The van der Waals surface area contributed by atoms with Gasteiger partial charge < -0.3 is 4.74 Å². The van der Waals surface area contributed by atoms with Crippen LogP contribution in [0.5, 0.6) is 0 Å². The second-order valence-electron chi connectivity index (χ2n) is 4.60. The molecule has 0 fully saturated rings. The van der Waals surface area contributed by atoms with Crippen LogP contribution in [0.3, 0.4) is 0 Å². The Hall–Kier alpha value is -1.40. The number of esters is 1. The summed E-state index contributed by atoms with van der Waals surface area (Å²) >= 11 is 0. The number of sulfonamides is 1. The van der Waals surface area contributed by atoms with Crippen LogP contribution in [-0.2, 0) is 14.8 Å². The molecule has 1 rings (SSSR count). The molecule has 5 nitrogen and oxygen atoms in total. The summed E-state index contributed by atoms with van der Waals surface area (Å²) in [7, 11) is -2.32. The van der Waals surface area contributed by atoms with Crippen molar-refractivity contribution in [3.05, 3.63) is 29.8 Å². The Morgan fingerprint density at radius 2 is 2.05 bits per heavy atom. The predicted molar refractivity (Wildman–Crippen MR) is 72.4 cm³/mol. The smallest absolute Gasteiger partial charge is 0.337 e. The van der Waals surface area contributed by atoms with E-state index in [0.29, 0.717) is 12.5 Å². The zero-order valence-electron chi connectivity index (χ0n) is 11.3. The summed E-state index contributed by atoms with van der Waals surface area (Å²) in [5, 5.41) is 0. The van der Waals surface area contributed by atoms with Crippen LogP contribution in [0.2, 0.25) is 0 Å². The van der Waals surface area contributed by atoms with Crippen LogP contribution >= 0.6 is 0 Å². The minimum absolute atomic E-state index is 0.0687. The predicted octanol–water partition coefficient (Wildman–Crippen LogP) is 1.80. The third kappa shape index (κ3) is 4.65. The van der Waals surface area contributed by atoms with Crippen LogP contribution in [0.1, 0.15) is 30.6 Å². The first-order chi connectivity index (χ1) is 8.86. The van der Waals surface area contributed by atoms with Gasteiger partial charge in [-0.25, -0.2) is 17.9 Å². The number of carbonyl (C=O) groups excluding carboxylic acids is 1. The minimum Gasteiger partial charge on any atom is -0.465 e. The second-order valence-corrected chi connectivity index (χ2v) is 6.37. The van der Waals surface area contributed by atoms with Crippen molar-refractivity contribution in [3.63, 3.8) is 0 Å². The summed E-state index contributed by atoms with van der Waals surface area (Å²) < 4.78 is 31.1. The van der Waals surface area contributed by atoms with E-state index in [1.807, 2.05) is 13.8 Å². The van der Waals surface area contributed by atoms with Gasteiger partial charge >= 0.3 is 5.97 Å². The fourth-order valence-corrected chi connectivity index (χ4v) is 2.57. The van der Waals surface area contributed by atoms with E-state index >= 15 is 0 Å². The summed E-state index contributed by atoms with van der Waals surface area (Å²) in [6, 6.07) is 5.79. The third-order valence-corrected chi connectivity index (χ3v) is 4.04. The van der Waals surface area contributed by atoms with Gasteiger partial charge in [0, 0.05) is 6.54 Å². The number of hydrogen-bond acceptors (Lipinski definition) is 4. The molecule has 0 unspecified atom stereocenters. The van der Waals surface area contributed by atoms with Crippen molar-refractivity contribution < 1.29 is 17.9 Å². The van der Waals surface area contributed by atoms with E-state index in [0.717, 1.165) is 6.42 Å². The first kappa shape index (κ1) is 15.7. The summed E-state index contributed by atoms with van der Waals surface area (Å²) in [6.45, 7) is 4.42. The summed E-state index contributed by atoms with van der Waals surface area (Å²) in [6.07, 6.45) is 0.760. The molecule has 0 aromatic heterocycles. The summed E-state index contributed by atoms with van der Waals surface area (Å²) in [5.74, 6) is -0.136. The lowest BCUT2D eigenvalue weighted by Gasteiger charge is -2.09. The first-order valence-corrected chi connectivity index (χ1v) is 7.53. The Balaban J connectivity index is 2.86. The lowest BCUT2D eigenvalue weighted by Crippen LogP contribution is -2.25. The molecule has 0 bridgehead atoms. The molecule has 106 valence electrons. The monoisotopic (exact) mass is 285 g/mol. The molecule has 1 N–H and O–H groups in total. The zero-order chi connectivity index (χ0) is 14.5. The average Bonchev–Trinajstić information content (AvgIpc) is 2.37. The summed E-state index contributed by atoms with van der Waals surface area (Å²) in [5.41, 5.74) is 0.217. The van der Waals surface area contributed by atoms with Gasteiger partial charge in [-0.15, -0.1) is 0 Å². The molecule has 1 aromatic carbocycles. The molecule has 0 saturated heterocycles. The molecule has 1 aromatic rings. The molecule has 0 aliphatic carbocycles. The van der Waals surface area contributed by atoms with E-state index in [4.69, 9.17) is 0 Å². The molecule has 0 saturated carbocycles. The molecule has 0 atom stereocenters. The normalized spacial score (nSPS) is 11.6. The number of hydrogen-bond donors (Lipinski definition) is 1. The van der Waals surface area contributed by atoms with Gasteiger partial charge in [0.05, 0.1) is 17.6 Å². The quantitative estimate of drug-likeness (QED) is 0.809. The van der Waals surface area contributed by atoms with Crippen molar-refractivity contribution in [2.24, 2.45) is 5.92 Å². The molecule has 0 aliphatic heterocycles. The number of methoxy groups -OCH3 is 1. The van der Waals surface area contributed by atoms with Gasteiger partial charge in [-0.2, -0.15) is 0 Å². The first-order valence-electron chi connectivity index (χ1n) is 6.05. The van der Waals surface area contributed by atoms with E-state index in [1.54, 1.807) is 0 Å². The molecule has 6 heteroatoms. The highest BCUT2D eigenvalue weighted by Gasteiger charge is 2.16. The Bertz CT molecular complexity index is 537. The van der Waals surface area contributed by atoms with Gasteiger partial charge in [0.2, 0.25) is 10.0 Å². The molecular weight excluding hydrogens is 266 g/mol. The molecule has 0 radical (unpaired) electrons. The molecule has 0 amide bonds. The average molecular weight is 285 g/mol. The standard InChI is InChI=1S/C13H19NO4S/c1-10(2)7-8-14-19(16,17)12-6-4-5-11(9-12)13(15)18-3/h4-6,9-10,14H,7-8H2,1-3H3. The van der Waals surface area contributed by atoms with Crippen molar-refractivity contribution in [2.75, 3.05) is 13.7 Å². The molecule has 0 spiro atoms. The van der Waals surface area contributed by atoms with Crippen molar-refractivity contribution in [2.45, 2.75) is 25.2 Å². The van der Waals surface area contributed by atoms with Crippen molar-refractivity contribution in [3.8, 4) is 0 Å². The van der Waals surface area contributed by atoms with Gasteiger partial charge in [0.25, 0.3) is 0 Å². The van der Waals surface area contributed by atoms with Gasteiger partial charge in [-0.1, -0.05) is 19.9 Å². The molecule has 0 heterocycles. The van der Waals surface area contributed by atoms with Crippen LogP contribution < -0.4 is 4.72 Å². The number of carbonyl (C=O) groups is 1. The van der Waals surface area contributed by atoms with Gasteiger partial charge in [-0.05, 0) is 30.5 Å². The number of ether oxygens (including phenoxy) is 1. The SMILES string of the molecule is COC(=O)c1cccc(S(=O)(=O)NCCC(C)C)c1. The van der Waals surface area contributed by atoms with Crippen LogP contribution in [0.15, 0.2) is 29.2 Å². The Kier molecular flexibility index (Phi) is 5.50. The maximum Gasteiger partial charge on any atom is 0.337 e. The Labute approximate surface area is 114 Å². The van der Waals surface area contributed by atoms with Crippen molar-refractivity contribution in [1.82, 2.24) is 4.72 Å². The van der Waals surface area contributed by atoms with Gasteiger partial charge in [0.15, 0.2) is 0 Å². The maximum absolute atomic E-state index is 12.0. The number of benzene rings is 1. The zero-order valence-corrected chi connectivity index (χ0v) is 12.2. The van der Waals surface area contributed by atoms with Crippen LogP contribution in [0, 0.1) is 5.92 Å². The maximum atomic E-state index is 12.0. The van der Waals surface area contributed by atoms with Crippen molar-refractivity contribution in [1.29, 1.82) is 0 Å². The fraction of sp³-hybridized carbons (Fsp3) is 0.462. The Morgan fingerprint density at radius 3 is 2.63 bits per heavy atom. The van der Waals surface area contributed by atoms with E-state index in [2.05, 4.69) is 9.46 Å². The highest BCUT2D eigenvalue weighted by molar-refractivity contribution is 7.89. The highest BCUT2D eigenvalue weighted by atomic mass is 32.2. The fourth-order valence-electron chi connectivity index (χ4n) is 1.47.